The van der Waals surface area contributed by atoms with Gasteiger partial charge in [0.15, 0.2) is 33.3 Å². The number of carbonyl (C=O) groups is 1. The fraction of sp³-hybridized carbons (Fsp3) is 0.548. The summed E-state index contributed by atoms with van der Waals surface area (Å²) >= 11 is 0. The first-order chi connectivity index (χ1) is 27.3. The van der Waals surface area contributed by atoms with Crippen LogP contribution < -0.4 is 0 Å². The molecule has 3 heterocycles. The molecule has 0 unspecified atom stereocenters. The van der Waals surface area contributed by atoms with E-state index in [9.17, 15) is 15.4 Å². The van der Waals surface area contributed by atoms with Gasteiger partial charge in [0.1, 0.15) is 42.7 Å². The highest BCUT2D eigenvalue weighted by molar-refractivity contribution is 6.74. The number of hydrogen-bond acceptors (Lipinski definition) is 12. The number of methoxy groups -OCH3 is 1. The maximum Gasteiger partial charge on any atom is 0.337 e. The van der Waals surface area contributed by atoms with Crippen LogP contribution in [0.4, 0.5) is 0 Å². The molecule has 3 aliphatic heterocycles. The molecule has 0 aliphatic carbocycles. The van der Waals surface area contributed by atoms with Gasteiger partial charge < -0.3 is 47.4 Å². The molecule has 0 saturated carbocycles. The predicted molar refractivity (Wildman–Crippen MR) is 211 cm³/mol. The van der Waals surface area contributed by atoms with Crippen LogP contribution in [0.1, 0.15) is 50.7 Å². The van der Waals surface area contributed by atoms with Gasteiger partial charge in [-0.1, -0.05) is 124 Å². The van der Waals surface area contributed by atoms with Crippen molar-refractivity contribution in [2.45, 2.75) is 127 Å². The number of benzene rings is 3. The van der Waals surface area contributed by atoms with Crippen molar-refractivity contribution in [3.63, 3.8) is 0 Å². The van der Waals surface area contributed by atoms with E-state index in [0.717, 1.165) is 16.7 Å². The van der Waals surface area contributed by atoms with Crippen LogP contribution in [0.5, 0.6) is 0 Å². The number of nitrogens with zero attached hydrogens (tertiary/aromatic N) is 3. The first-order valence-electron chi connectivity index (χ1n) is 19.4. The molecule has 6 rings (SSSR count). The lowest BCUT2D eigenvalue weighted by molar-refractivity contribution is -0.369. The minimum atomic E-state index is -2.65. The van der Waals surface area contributed by atoms with E-state index in [1.807, 2.05) is 91.0 Å². The standard InChI is InChI=1S/C42H55N3O11Si/c1-26(2)42(3,4)57(6,7)56-41-32(46)35(50-24-28-19-13-9-14-20-28)36(37(55-41)38(47)48-5)54-40-31(44-45-43)34(49-23-27-17-11-8-12-18-27)33-30(52-40)25-51-39(53-33)29-21-15-10-16-22-29/h8-22,26,30-37,39-41,46H,23-25H2,1-7H3/t30-,31-,32-,33-,34-,35-,36+,37-,39-,40-,41-/m1/s1. The first-order valence-corrected chi connectivity index (χ1v) is 22.3. The van der Waals surface area contributed by atoms with Crippen LogP contribution in [0, 0.1) is 5.92 Å². The van der Waals surface area contributed by atoms with Crippen molar-refractivity contribution in [1.82, 2.24) is 0 Å². The Morgan fingerprint density at radius 2 is 1.46 bits per heavy atom. The zero-order valence-corrected chi connectivity index (χ0v) is 34.6. The Kier molecular flexibility index (Phi) is 14.2. The van der Waals surface area contributed by atoms with E-state index in [0.29, 0.717) is 0 Å². The number of fused-ring (bicyclic) bond motifs is 1. The summed E-state index contributed by atoms with van der Waals surface area (Å²) < 4.78 is 57.2. The third kappa shape index (κ3) is 9.78. The molecule has 3 aromatic rings. The Balaban J connectivity index is 1.35. The summed E-state index contributed by atoms with van der Waals surface area (Å²) in [5.41, 5.74) is 12.4. The minimum absolute atomic E-state index is 0.0582. The molecule has 0 spiro atoms. The number of carbonyl (C=O) groups excluding carboxylic acids is 1. The Morgan fingerprint density at radius 3 is 2.02 bits per heavy atom. The molecule has 57 heavy (non-hydrogen) atoms. The molecule has 14 nitrogen and oxygen atoms in total. The molecule has 0 aromatic heterocycles. The maximum atomic E-state index is 13.7. The largest absolute Gasteiger partial charge is 0.467 e. The smallest absolute Gasteiger partial charge is 0.337 e. The Hall–Kier alpha value is -3.70. The summed E-state index contributed by atoms with van der Waals surface area (Å²) in [6.45, 7) is 12.9. The Bertz CT molecular complexity index is 1780. The van der Waals surface area contributed by atoms with Crippen LogP contribution in [0.15, 0.2) is 96.1 Å². The van der Waals surface area contributed by atoms with E-state index in [-0.39, 0.29) is 30.8 Å². The fourth-order valence-electron chi connectivity index (χ4n) is 7.22. The lowest BCUT2D eigenvalue weighted by Gasteiger charge is -2.51. The van der Waals surface area contributed by atoms with Crippen LogP contribution >= 0.6 is 0 Å². The van der Waals surface area contributed by atoms with Gasteiger partial charge in [-0.3, -0.25) is 0 Å². The molecule has 3 saturated heterocycles. The van der Waals surface area contributed by atoms with Crippen molar-refractivity contribution in [2.75, 3.05) is 13.7 Å². The van der Waals surface area contributed by atoms with Crippen LogP contribution in [-0.2, 0) is 60.3 Å². The van der Waals surface area contributed by atoms with Crippen LogP contribution in [0.2, 0.25) is 18.1 Å². The fourth-order valence-corrected chi connectivity index (χ4v) is 9.69. The second-order valence-electron chi connectivity index (χ2n) is 16.0. The van der Waals surface area contributed by atoms with Crippen molar-refractivity contribution < 1.29 is 52.2 Å². The van der Waals surface area contributed by atoms with Gasteiger partial charge in [0.05, 0.1) is 26.9 Å². The van der Waals surface area contributed by atoms with Crippen molar-refractivity contribution in [1.29, 1.82) is 0 Å². The van der Waals surface area contributed by atoms with Crippen molar-refractivity contribution in [3.05, 3.63) is 118 Å². The predicted octanol–water partition coefficient (Wildman–Crippen LogP) is 6.98. The second-order valence-corrected chi connectivity index (χ2v) is 20.5. The molecular weight excluding hydrogens is 751 g/mol. The molecule has 0 radical (unpaired) electrons. The zero-order valence-electron chi connectivity index (χ0n) is 33.6. The summed E-state index contributed by atoms with van der Waals surface area (Å²) in [5, 5.41) is 16.0. The summed E-state index contributed by atoms with van der Waals surface area (Å²) in [7, 11) is -1.42. The molecule has 308 valence electrons. The maximum absolute atomic E-state index is 13.7. The summed E-state index contributed by atoms with van der Waals surface area (Å²) in [6.07, 6.45) is -11.2. The van der Waals surface area contributed by atoms with E-state index in [1.165, 1.54) is 7.11 Å². The van der Waals surface area contributed by atoms with Gasteiger partial charge in [0.2, 0.25) is 0 Å². The van der Waals surface area contributed by atoms with Crippen molar-refractivity contribution in [2.24, 2.45) is 11.0 Å². The highest BCUT2D eigenvalue weighted by Gasteiger charge is 2.57. The van der Waals surface area contributed by atoms with Gasteiger partial charge in [-0.15, -0.1) is 0 Å². The van der Waals surface area contributed by atoms with Gasteiger partial charge in [-0.05, 0) is 40.7 Å². The molecule has 3 aromatic carbocycles. The first kappa shape index (κ1) is 42.9. The van der Waals surface area contributed by atoms with Gasteiger partial charge in [-0.2, -0.15) is 0 Å². The third-order valence-electron chi connectivity index (χ3n) is 11.8. The van der Waals surface area contributed by atoms with Crippen molar-refractivity contribution in [3.8, 4) is 0 Å². The van der Waals surface area contributed by atoms with E-state index in [2.05, 4.69) is 50.8 Å². The van der Waals surface area contributed by atoms with Crippen LogP contribution in [-0.4, -0.2) is 94.5 Å². The molecular formula is C42H55N3O11Si. The van der Waals surface area contributed by atoms with Crippen molar-refractivity contribution >= 4 is 14.3 Å². The summed E-state index contributed by atoms with van der Waals surface area (Å²) in [6, 6.07) is 27.3. The number of esters is 1. The van der Waals surface area contributed by atoms with E-state index in [4.69, 9.17) is 42.3 Å². The topological polar surface area (TPSA) is 169 Å². The van der Waals surface area contributed by atoms with Gasteiger partial charge in [0.25, 0.3) is 0 Å². The number of ether oxygens (including phenoxy) is 8. The lowest BCUT2D eigenvalue weighted by atomic mass is 9.94. The second kappa shape index (κ2) is 18.9. The van der Waals surface area contributed by atoms with Crippen LogP contribution in [0.3, 0.4) is 0 Å². The molecule has 1 N–H and O–H groups in total. The number of azide groups is 1. The minimum Gasteiger partial charge on any atom is -0.467 e. The molecule has 3 aliphatic rings. The number of aliphatic hydroxyl groups excluding tert-OH is 1. The van der Waals surface area contributed by atoms with Gasteiger partial charge >= 0.3 is 5.97 Å². The normalized spacial score (nSPS) is 30.6. The molecule has 3 fully saturated rings. The number of rotatable bonds is 15. The molecule has 11 atom stereocenters. The summed E-state index contributed by atoms with van der Waals surface area (Å²) in [5.74, 6) is -0.535. The summed E-state index contributed by atoms with van der Waals surface area (Å²) in [4.78, 5) is 16.9. The SMILES string of the molecule is COC(=O)[C@@H]1O[C@H](O[Si](C)(C)C(C)(C)C(C)C)[C@H](O)[C@@H](OCc2ccccc2)[C@@H]1O[C@H]1O[C@@H]2CO[C@@H](c3ccccc3)O[C@H]2[C@H](OCc2ccccc2)[C@H]1N=[N+]=[N-]. The van der Waals surface area contributed by atoms with Crippen LogP contribution in [0.25, 0.3) is 10.4 Å². The molecule has 15 heteroatoms. The lowest BCUT2D eigenvalue weighted by Crippen LogP contribution is -2.67. The van der Waals surface area contributed by atoms with E-state index < -0.39 is 81.9 Å². The van der Waals surface area contributed by atoms with E-state index in [1.54, 1.807) is 0 Å². The number of aliphatic hydroxyl groups is 1. The van der Waals surface area contributed by atoms with E-state index >= 15 is 0 Å². The number of hydrogen-bond donors (Lipinski definition) is 1. The Labute approximate surface area is 335 Å². The molecule has 0 amide bonds. The zero-order chi connectivity index (χ0) is 40.7. The highest BCUT2D eigenvalue weighted by atomic mass is 28.4. The quantitative estimate of drug-likeness (QED) is 0.0553. The Morgan fingerprint density at radius 1 is 0.877 bits per heavy atom. The third-order valence-corrected chi connectivity index (χ3v) is 16.3. The monoisotopic (exact) mass is 805 g/mol. The average Bonchev–Trinajstić information content (AvgIpc) is 3.21. The van der Waals surface area contributed by atoms with Gasteiger partial charge in [0, 0.05) is 10.5 Å². The average molecular weight is 806 g/mol. The van der Waals surface area contributed by atoms with Gasteiger partial charge in [-0.25, -0.2) is 4.79 Å². The highest BCUT2D eigenvalue weighted by Crippen LogP contribution is 2.46. The molecule has 0 bridgehead atoms.